The number of unbranched alkanes of at least 4 members (excludes halogenated alkanes) is 1. The molecule has 0 atom stereocenters. The lowest BCUT2D eigenvalue weighted by molar-refractivity contribution is -0.117. The van der Waals surface area contributed by atoms with E-state index in [-0.39, 0.29) is 5.91 Å². The van der Waals surface area contributed by atoms with Crippen LogP contribution in [0.15, 0.2) is 0 Å². The van der Waals surface area contributed by atoms with E-state index in [0.29, 0.717) is 37.2 Å². The lowest BCUT2D eigenvalue weighted by Gasteiger charge is -2.39. The Labute approximate surface area is 186 Å². The molecule has 2 fully saturated rings. The van der Waals surface area contributed by atoms with Crippen molar-refractivity contribution in [1.29, 1.82) is 0 Å². The zero-order valence-electron chi connectivity index (χ0n) is 19.2. The summed E-state index contributed by atoms with van der Waals surface area (Å²) >= 11 is 0. The molecular weight excluding hydrogens is 390 g/mol. The van der Waals surface area contributed by atoms with Crippen LogP contribution in [0.25, 0.3) is 0 Å². The number of hydrogen-bond acceptors (Lipinski definition) is 6. The van der Waals surface area contributed by atoms with Crippen LogP contribution in [-0.4, -0.2) is 53.1 Å². The summed E-state index contributed by atoms with van der Waals surface area (Å²) in [5, 5.41) is 0. The highest BCUT2D eigenvalue weighted by molar-refractivity contribution is 6.01. The number of piperidine rings is 1. The predicted octanol–water partition coefficient (Wildman–Crippen LogP) is 3.95. The van der Waals surface area contributed by atoms with Crippen LogP contribution in [0.2, 0.25) is 0 Å². The number of rotatable bonds is 9. The number of carbonyl (C=O) groups is 1. The van der Waals surface area contributed by atoms with E-state index in [1.165, 1.54) is 64.5 Å². The second kappa shape index (κ2) is 10.6. The molecule has 1 aliphatic carbocycles. The largest absolute Gasteiger partial charge is 0.463 e. The third kappa shape index (κ3) is 5.48. The van der Waals surface area contributed by atoms with Gasteiger partial charge in [-0.05, 0) is 64.0 Å². The average Bonchev–Trinajstić information content (AvgIpc) is 3.11. The molecule has 1 aromatic heterocycles. The summed E-state index contributed by atoms with van der Waals surface area (Å²) in [4.78, 5) is 25.9. The molecule has 1 aromatic rings. The van der Waals surface area contributed by atoms with Gasteiger partial charge in [-0.1, -0.05) is 32.6 Å². The third-order valence-corrected chi connectivity index (χ3v) is 7.34. The highest BCUT2D eigenvalue weighted by Crippen LogP contribution is 2.33. The molecule has 7 nitrogen and oxygen atoms in total. The van der Waals surface area contributed by atoms with Crippen molar-refractivity contribution in [2.75, 3.05) is 36.9 Å². The second-order valence-corrected chi connectivity index (χ2v) is 9.53. The van der Waals surface area contributed by atoms with E-state index in [2.05, 4.69) is 21.8 Å². The number of aromatic nitrogens is 2. The molecule has 0 bridgehead atoms. The topological polar surface area (TPSA) is 84.6 Å². The van der Waals surface area contributed by atoms with Crippen LogP contribution in [0, 0.1) is 5.92 Å². The van der Waals surface area contributed by atoms with E-state index in [9.17, 15) is 4.79 Å². The van der Waals surface area contributed by atoms with Gasteiger partial charge in [-0.2, -0.15) is 9.97 Å². The summed E-state index contributed by atoms with van der Waals surface area (Å²) in [6.45, 7) is 5.90. The molecule has 3 aliphatic rings. The van der Waals surface area contributed by atoms with Gasteiger partial charge >= 0.3 is 6.01 Å². The van der Waals surface area contributed by atoms with E-state index in [1.54, 1.807) is 4.90 Å². The maximum absolute atomic E-state index is 12.6. The molecule has 1 amide bonds. The number of likely N-dealkylation sites (tertiary alicyclic amines) is 1. The molecule has 2 aliphatic heterocycles. The quantitative estimate of drug-likeness (QED) is 0.598. The summed E-state index contributed by atoms with van der Waals surface area (Å²) in [6, 6.07) is 1.13. The molecule has 1 saturated carbocycles. The zero-order valence-corrected chi connectivity index (χ0v) is 19.2. The first-order valence-electron chi connectivity index (χ1n) is 12.5. The predicted molar refractivity (Wildman–Crippen MR) is 123 cm³/mol. The van der Waals surface area contributed by atoms with Crippen LogP contribution < -0.4 is 15.4 Å². The minimum Gasteiger partial charge on any atom is -0.463 e. The van der Waals surface area contributed by atoms with Crippen LogP contribution in [0.1, 0.15) is 83.1 Å². The Morgan fingerprint density at radius 1 is 1.06 bits per heavy atom. The minimum absolute atomic E-state index is 0.0776. The summed E-state index contributed by atoms with van der Waals surface area (Å²) in [5.74, 6) is 1.90. The summed E-state index contributed by atoms with van der Waals surface area (Å²) < 4.78 is 5.65. The average molecular weight is 430 g/mol. The Kier molecular flexibility index (Phi) is 7.64. The lowest BCUT2D eigenvalue weighted by atomic mass is 9.88. The lowest BCUT2D eigenvalue weighted by Crippen LogP contribution is -2.42. The number of ether oxygens (including phenoxy) is 1. The van der Waals surface area contributed by atoms with Crippen LogP contribution in [-0.2, 0) is 11.2 Å². The molecule has 0 aromatic carbocycles. The van der Waals surface area contributed by atoms with E-state index in [4.69, 9.17) is 10.5 Å². The molecule has 0 radical (unpaired) electrons. The van der Waals surface area contributed by atoms with Crippen molar-refractivity contribution in [2.45, 2.75) is 90.0 Å². The van der Waals surface area contributed by atoms with Crippen molar-refractivity contribution in [3.63, 3.8) is 0 Å². The monoisotopic (exact) mass is 429 g/mol. The molecule has 4 rings (SSSR count). The maximum Gasteiger partial charge on any atom is 0.320 e. The first-order chi connectivity index (χ1) is 15.2. The summed E-state index contributed by atoms with van der Waals surface area (Å²) in [7, 11) is 0. The maximum atomic E-state index is 12.6. The number of anilines is 2. The fourth-order valence-corrected chi connectivity index (χ4v) is 5.42. The molecular formula is C24H39N5O2. The third-order valence-electron chi connectivity index (χ3n) is 7.34. The number of hydrogen-bond donors (Lipinski definition) is 1. The first-order valence-corrected chi connectivity index (χ1v) is 12.5. The van der Waals surface area contributed by atoms with Gasteiger partial charge in [0.25, 0.3) is 0 Å². The fourth-order valence-electron chi connectivity index (χ4n) is 5.42. The molecule has 31 heavy (non-hydrogen) atoms. The van der Waals surface area contributed by atoms with Gasteiger partial charge in [-0.15, -0.1) is 0 Å². The van der Waals surface area contributed by atoms with Gasteiger partial charge < -0.3 is 15.4 Å². The minimum atomic E-state index is 0.0776. The van der Waals surface area contributed by atoms with Gasteiger partial charge in [0, 0.05) is 18.2 Å². The number of carbonyl (C=O) groups excluding carboxylic acids is 1. The number of nitrogens with two attached hydrogens (primary N) is 1. The van der Waals surface area contributed by atoms with E-state index < -0.39 is 0 Å². The summed E-state index contributed by atoms with van der Waals surface area (Å²) in [6.07, 6.45) is 14.1. The second-order valence-electron chi connectivity index (χ2n) is 9.53. The number of amides is 1. The van der Waals surface area contributed by atoms with Crippen molar-refractivity contribution in [3.8, 4) is 6.01 Å². The van der Waals surface area contributed by atoms with E-state index in [0.717, 1.165) is 36.8 Å². The molecule has 172 valence electrons. The Hall–Kier alpha value is -1.89. The van der Waals surface area contributed by atoms with Crippen LogP contribution in [0.3, 0.4) is 0 Å². The van der Waals surface area contributed by atoms with Crippen molar-refractivity contribution >= 4 is 17.5 Å². The molecule has 0 unspecified atom stereocenters. The smallest absolute Gasteiger partial charge is 0.320 e. The van der Waals surface area contributed by atoms with Crippen molar-refractivity contribution in [2.24, 2.45) is 5.92 Å². The molecule has 1 saturated heterocycles. The van der Waals surface area contributed by atoms with Gasteiger partial charge in [0.1, 0.15) is 11.6 Å². The normalized spacial score (nSPS) is 20.9. The first kappa shape index (κ1) is 22.3. The Morgan fingerprint density at radius 3 is 2.58 bits per heavy atom. The van der Waals surface area contributed by atoms with Crippen LogP contribution >= 0.6 is 0 Å². The van der Waals surface area contributed by atoms with Gasteiger partial charge in [0.15, 0.2) is 0 Å². The Bertz CT molecular complexity index is 742. The number of nitrogens with zero attached hydrogens (tertiary/aromatic N) is 4. The highest BCUT2D eigenvalue weighted by atomic mass is 16.5. The number of nitrogen functional groups attached to an aromatic ring is 1. The van der Waals surface area contributed by atoms with Crippen LogP contribution in [0.4, 0.5) is 11.6 Å². The Balaban J connectivity index is 1.26. The molecule has 7 heteroatoms. The SMILES string of the molecule is CCCCOc1nc(N)c2c(n1)N(CCCC1CCN(C3CCCCC3)CC1)C(=O)C2. The molecule has 0 spiro atoms. The molecule has 3 heterocycles. The zero-order chi connectivity index (χ0) is 21.6. The van der Waals surface area contributed by atoms with E-state index >= 15 is 0 Å². The van der Waals surface area contributed by atoms with Gasteiger partial charge in [0.2, 0.25) is 5.91 Å². The van der Waals surface area contributed by atoms with Crippen molar-refractivity contribution < 1.29 is 9.53 Å². The van der Waals surface area contributed by atoms with Gasteiger partial charge in [0.05, 0.1) is 13.0 Å². The standard InChI is InChI=1S/C24H39N5O2/c1-2-3-16-31-24-26-22(25)20-17-21(30)29(23(20)27-24)13-7-8-18-11-14-28(15-12-18)19-9-5-4-6-10-19/h18-19H,2-17H2,1H3,(H2,25,26,27). The number of fused-ring (bicyclic) bond motifs is 1. The van der Waals surface area contributed by atoms with Crippen LogP contribution in [0.5, 0.6) is 6.01 Å². The van der Waals surface area contributed by atoms with Crippen molar-refractivity contribution in [1.82, 2.24) is 14.9 Å². The van der Waals surface area contributed by atoms with Crippen molar-refractivity contribution in [3.05, 3.63) is 5.56 Å². The van der Waals surface area contributed by atoms with E-state index in [1.807, 2.05) is 0 Å². The van der Waals surface area contributed by atoms with Gasteiger partial charge in [-0.25, -0.2) is 0 Å². The molecule has 2 N–H and O–H groups in total. The van der Waals surface area contributed by atoms with Gasteiger partial charge in [-0.3, -0.25) is 9.69 Å². The fraction of sp³-hybridized carbons (Fsp3) is 0.792. The highest BCUT2D eigenvalue weighted by Gasteiger charge is 2.32. The summed E-state index contributed by atoms with van der Waals surface area (Å²) in [5.41, 5.74) is 6.86. The Morgan fingerprint density at radius 2 is 1.84 bits per heavy atom.